The molecule has 0 unspecified atom stereocenters. The van der Waals surface area contributed by atoms with Gasteiger partial charge in [0.25, 0.3) is 17.4 Å². The monoisotopic (exact) mass is 386 g/mol. The van der Waals surface area contributed by atoms with Gasteiger partial charge in [-0.2, -0.15) is 5.10 Å². The van der Waals surface area contributed by atoms with Crippen LogP contribution in [0.5, 0.6) is 0 Å². The summed E-state index contributed by atoms with van der Waals surface area (Å²) in [5, 5.41) is 6.33. The average molecular weight is 386 g/mol. The molecule has 2 amide bonds. The number of aryl methyl sites for hydroxylation is 1. The summed E-state index contributed by atoms with van der Waals surface area (Å²) in [5.41, 5.74) is 0.553. The molecule has 0 radical (unpaired) electrons. The van der Waals surface area contributed by atoms with Crippen molar-refractivity contribution in [2.75, 3.05) is 25.0 Å². The highest BCUT2D eigenvalue weighted by atomic mass is 16.5. The van der Waals surface area contributed by atoms with Gasteiger partial charge in [0, 0.05) is 37.5 Å². The Hall–Kier alpha value is -3.49. The van der Waals surface area contributed by atoms with E-state index in [9.17, 15) is 19.2 Å². The van der Waals surface area contributed by atoms with Gasteiger partial charge in [0.15, 0.2) is 12.3 Å². The summed E-state index contributed by atoms with van der Waals surface area (Å²) in [6.45, 7) is 4.53. The van der Waals surface area contributed by atoms with Crippen LogP contribution in [0.15, 0.2) is 41.2 Å². The van der Waals surface area contributed by atoms with Crippen LogP contribution in [0, 0.1) is 0 Å². The molecule has 9 heteroatoms. The number of esters is 1. The predicted octanol–water partition coefficient (Wildman–Crippen LogP) is 1.06. The number of aromatic nitrogens is 2. The van der Waals surface area contributed by atoms with Crippen LogP contribution in [-0.2, 0) is 16.6 Å². The summed E-state index contributed by atoms with van der Waals surface area (Å²) >= 11 is 0. The molecule has 1 aromatic carbocycles. The number of anilines is 1. The number of nitrogens with zero attached hydrogens (tertiary/aromatic N) is 3. The molecule has 1 aromatic heterocycles. The van der Waals surface area contributed by atoms with E-state index in [4.69, 9.17) is 4.74 Å². The van der Waals surface area contributed by atoms with Crippen LogP contribution in [-0.4, -0.2) is 52.2 Å². The molecular formula is C19H22N4O5. The molecule has 0 saturated heterocycles. The molecule has 0 aliphatic carbocycles. The normalized spacial score (nSPS) is 10.2. The van der Waals surface area contributed by atoms with Gasteiger partial charge >= 0.3 is 5.97 Å². The smallest absolute Gasteiger partial charge is 0.359 e. The van der Waals surface area contributed by atoms with Gasteiger partial charge in [0.2, 0.25) is 0 Å². The van der Waals surface area contributed by atoms with Crippen molar-refractivity contribution in [3.05, 3.63) is 58.0 Å². The Morgan fingerprint density at radius 3 is 2.29 bits per heavy atom. The Labute approximate surface area is 161 Å². The lowest BCUT2D eigenvalue weighted by Crippen LogP contribution is -2.30. The zero-order chi connectivity index (χ0) is 20.7. The Morgan fingerprint density at radius 2 is 1.71 bits per heavy atom. The molecule has 0 spiro atoms. The van der Waals surface area contributed by atoms with E-state index in [-0.39, 0.29) is 17.2 Å². The van der Waals surface area contributed by atoms with Crippen molar-refractivity contribution < 1.29 is 19.1 Å². The van der Waals surface area contributed by atoms with Gasteiger partial charge in [-0.25, -0.2) is 9.48 Å². The maximum atomic E-state index is 12.3. The number of rotatable bonds is 7. The third kappa shape index (κ3) is 5.26. The lowest BCUT2D eigenvalue weighted by molar-refractivity contribution is -0.119. The van der Waals surface area contributed by atoms with Gasteiger partial charge < -0.3 is 15.0 Å². The molecule has 1 N–H and O–H groups in total. The molecular weight excluding hydrogens is 364 g/mol. The lowest BCUT2D eigenvalue weighted by Gasteiger charge is -2.18. The second-order valence-corrected chi connectivity index (χ2v) is 5.86. The van der Waals surface area contributed by atoms with Crippen LogP contribution in [0.4, 0.5) is 5.69 Å². The average Bonchev–Trinajstić information content (AvgIpc) is 2.69. The van der Waals surface area contributed by atoms with Gasteiger partial charge in [0.1, 0.15) is 0 Å². The summed E-state index contributed by atoms with van der Waals surface area (Å²) in [5.74, 6) is -1.44. The third-order valence-corrected chi connectivity index (χ3v) is 3.97. The van der Waals surface area contributed by atoms with E-state index in [0.717, 1.165) is 4.68 Å². The molecule has 0 bridgehead atoms. The molecule has 0 aliphatic heterocycles. The van der Waals surface area contributed by atoms with Crippen LogP contribution >= 0.6 is 0 Å². The molecule has 0 atom stereocenters. The topological polar surface area (TPSA) is 111 Å². The number of ether oxygens (including phenoxy) is 1. The number of carbonyl (C=O) groups excluding carboxylic acids is 3. The van der Waals surface area contributed by atoms with E-state index in [1.807, 2.05) is 13.8 Å². The van der Waals surface area contributed by atoms with Crippen LogP contribution < -0.4 is 10.9 Å². The first-order valence-electron chi connectivity index (χ1n) is 8.76. The first-order valence-corrected chi connectivity index (χ1v) is 8.76. The van der Waals surface area contributed by atoms with Crippen molar-refractivity contribution in [1.29, 1.82) is 0 Å². The highest BCUT2D eigenvalue weighted by Gasteiger charge is 2.14. The number of amides is 2. The number of nitrogens with one attached hydrogen (secondary N) is 1. The molecule has 2 aromatic rings. The molecule has 9 nitrogen and oxygen atoms in total. The summed E-state index contributed by atoms with van der Waals surface area (Å²) in [6, 6.07) is 8.86. The fraction of sp³-hybridized carbons (Fsp3) is 0.316. The Balaban J connectivity index is 1.90. The van der Waals surface area contributed by atoms with Gasteiger partial charge in [0.05, 0.1) is 0 Å². The summed E-state index contributed by atoms with van der Waals surface area (Å²) in [7, 11) is 1.40. The minimum atomic E-state index is -0.814. The predicted molar refractivity (Wildman–Crippen MR) is 102 cm³/mol. The second kappa shape index (κ2) is 9.45. The third-order valence-electron chi connectivity index (χ3n) is 3.97. The second-order valence-electron chi connectivity index (χ2n) is 5.86. The van der Waals surface area contributed by atoms with Gasteiger partial charge in [-0.05, 0) is 44.2 Å². The largest absolute Gasteiger partial charge is 0.451 e. The molecule has 0 fully saturated rings. The van der Waals surface area contributed by atoms with E-state index in [2.05, 4.69) is 10.4 Å². The highest BCUT2D eigenvalue weighted by Crippen LogP contribution is 2.12. The van der Waals surface area contributed by atoms with E-state index in [1.54, 1.807) is 29.2 Å². The first-order chi connectivity index (χ1) is 13.3. The molecule has 2 rings (SSSR count). The zero-order valence-corrected chi connectivity index (χ0v) is 16.0. The number of hydrogen-bond acceptors (Lipinski definition) is 6. The van der Waals surface area contributed by atoms with Crippen molar-refractivity contribution in [3.8, 4) is 0 Å². The maximum absolute atomic E-state index is 12.3. The van der Waals surface area contributed by atoms with Crippen molar-refractivity contribution in [1.82, 2.24) is 14.7 Å². The standard InChI is InChI=1S/C19H22N4O5/c1-4-23(5-2)18(26)13-6-8-14(9-7-13)20-16(24)12-28-19(27)15-10-11-17(25)22(3)21-15/h6-11H,4-5,12H2,1-3H3,(H,20,24). The Morgan fingerprint density at radius 1 is 1.07 bits per heavy atom. The van der Waals surface area contributed by atoms with Crippen molar-refractivity contribution in [2.45, 2.75) is 13.8 Å². The molecule has 148 valence electrons. The summed E-state index contributed by atoms with van der Waals surface area (Å²) < 4.78 is 5.89. The van der Waals surface area contributed by atoms with Gasteiger partial charge in [-0.3, -0.25) is 14.4 Å². The summed E-state index contributed by atoms with van der Waals surface area (Å²) in [4.78, 5) is 49.0. The minimum absolute atomic E-state index is 0.0748. The Kier molecular flexibility index (Phi) is 7.02. The van der Waals surface area contributed by atoms with Crippen molar-refractivity contribution in [3.63, 3.8) is 0 Å². The van der Waals surface area contributed by atoms with Crippen LogP contribution in [0.2, 0.25) is 0 Å². The quantitative estimate of drug-likeness (QED) is 0.713. The number of benzene rings is 1. The lowest BCUT2D eigenvalue weighted by atomic mass is 10.2. The molecule has 28 heavy (non-hydrogen) atoms. The first kappa shape index (κ1) is 20.8. The Bertz CT molecular complexity index is 917. The fourth-order valence-electron chi connectivity index (χ4n) is 2.40. The molecule has 0 saturated carbocycles. The highest BCUT2D eigenvalue weighted by molar-refractivity contribution is 5.97. The zero-order valence-electron chi connectivity index (χ0n) is 16.0. The van der Waals surface area contributed by atoms with Crippen molar-refractivity contribution >= 4 is 23.5 Å². The molecule has 0 aliphatic rings. The van der Waals surface area contributed by atoms with Gasteiger partial charge in [-0.1, -0.05) is 0 Å². The SMILES string of the molecule is CCN(CC)C(=O)c1ccc(NC(=O)COC(=O)c2ccc(=O)n(C)n2)cc1. The van der Waals surface area contributed by atoms with E-state index < -0.39 is 18.5 Å². The fourth-order valence-corrected chi connectivity index (χ4v) is 2.40. The van der Waals surface area contributed by atoms with E-state index >= 15 is 0 Å². The summed E-state index contributed by atoms with van der Waals surface area (Å²) in [6.07, 6.45) is 0. The van der Waals surface area contributed by atoms with Crippen LogP contribution in [0.25, 0.3) is 0 Å². The van der Waals surface area contributed by atoms with Crippen LogP contribution in [0.1, 0.15) is 34.7 Å². The number of hydrogen-bond donors (Lipinski definition) is 1. The van der Waals surface area contributed by atoms with E-state index in [0.29, 0.717) is 24.3 Å². The maximum Gasteiger partial charge on any atom is 0.359 e. The number of carbonyl (C=O) groups is 3. The van der Waals surface area contributed by atoms with Crippen molar-refractivity contribution in [2.24, 2.45) is 7.05 Å². The molecule has 1 heterocycles. The van der Waals surface area contributed by atoms with E-state index in [1.165, 1.54) is 19.2 Å². The van der Waals surface area contributed by atoms with Gasteiger partial charge in [-0.15, -0.1) is 0 Å². The minimum Gasteiger partial charge on any atom is -0.451 e. The van der Waals surface area contributed by atoms with Crippen LogP contribution in [0.3, 0.4) is 0 Å².